The fourth-order valence-corrected chi connectivity index (χ4v) is 2.00. The van der Waals surface area contributed by atoms with Gasteiger partial charge in [0, 0.05) is 17.3 Å². The number of ether oxygens (including phenoxy) is 1. The molecule has 106 valence electrons. The van der Waals surface area contributed by atoms with Crippen LogP contribution in [0, 0.1) is 5.82 Å². The molecule has 0 aliphatic heterocycles. The Hall–Kier alpha value is -2.96. The zero-order valence-electron chi connectivity index (χ0n) is 11.2. The molecule has 2 aromatic carbocycles. The Kier molecular flexibility index (Phi) is 3.23. The first-order chi connectivity index (χ1) is 10.2. The molecule has 0 radical (unpaired) electrons. The number of benzene rings is 2. The normalized spacial score (nSPS) is 10.6. The Balaban J connectivity index is 2.18. The highest BCUT2D eigenvalue weighted by Crippen LogP contribution is 2.27. The summed E-state index contributed by atoms with van der Waals surface area (Å²) in [5.74, 6) is 0.410. The molecule has 0 fully saturated rings. The lowest BCUT2D eigenvalue weighted by atomic mass is 10.1. The lowest BCUT2D eigenvalue weighted by molar-refractivity contribution is 0.413. The summed E-state index contributed by atoms with van der Waals surface area (Å²) in [4.78, 5) is 0. The van der Waals surface area contributed by atoms with Crippen LogP contribution in [0.1, 0.15) is 0 Å². The largest absolute Gasteiger partial charge is 0.497 e. The highest BCUT2D eigenvalue weighted by Gasteiger charge is 2.16. The SMILES string of the molecule is COc1ccc(F)c(-n2nnnc2-c2ccccc2N)c1. The van der Waals surface area contributed by atoms with Crippen LogP contribution in [-0.4, -0.2) is 27.3 Å². The minimum absolute atomic E-state index is 0.192. The van der Waals surface area contributed by atoms with Gasteiger partial charge in [-0.3, -0.25) is 0 Å². The molecule has 1 heterocycles. The first kappa shape index (κ1) is 13.0. The van der Waals surface area contributed by atoms with Crippen molar-refractivity contribution in [1.82, 2.24) is 20.2 Å². The van der Waals surface area contributed by atoms with Crippen molar-refractivity contribution in [3.63, 3.8) is 0 Å². The molecule has 3 aromatic rings. The molecule has 7 heteroatoms. The van der Waals surface area contributed by atoms with E-state index in [2.05, 4.69) is 15.5 Å². The highest BCUT2D eigenvalue weighted by molar-refractivity contribution is 5.72. The van der Waals surface area contributed by atoms with E-state index in [9.17, 15) is 4.39 Å². The number of nitrogen functional groups attached to an aromatic ring is 1. The van der Waals surface area contributed by atoms with Crippen LogP contribution in [0.5, 0.6) is 5.75 Å². The summed E-state index contributed by atoms with van der Waals surface area (Å²) in [6, 6.07) is 11.5. The minimum Gasteiger partial charge on any atom is -0.497 e. The van der Waals surface area contributed by atoms with Crippen LogP contribution in [0.15, 0.2) is 42.5 Å². The van der Waals surface area contributed by atoms with Crippen molar-refractivity contribution in [3.05, 3.63) is 48.3 Å². The van der Waals surface area contributed by atoms with E-state index in [4.69, 9.17) is 10.5 Å². The minimum atomic E-state index is -0.459. The molecule has 6 nitrogen and oxygen atoms in total. The monoisotopic (exact) mass is 285 g/mol. The Morgan fingerprint density at radius 2 is 2.00 bits per heavy atom. The van der Waals surface area contributed by atoms with Gasteiger partial charge in [-0.25, -0.2) is 4.39 Å². The summed E-state index contributed by atoms with van der Waals surface area (Å²) in [6.45, 7) is 0. The molecule has 21 heavy (non-hydrogen) atoms. The van der Waals surface area contributed by atoms with Crippen molar-refractivity contribution in [1.29, 1.82) is 0 Å². The molecule has 1 aromatic heterocycles. The fourth-order valence-electron chi connectivity index (χ4n) is 2.00. The molecule has 3 rings (SSSR count). The van der Waals surface area contributed by atoms with Crippen LogP contribution in [0.4, 0.5) is 10.1 Å². The topological polar surface area (TPSA) is 78.8 Å². The van der Waals surface area contributed by atoms with Crippen LogP contribution in [0.25, 0.3) is 17.1 Å². The number of hydrogen-bond acceptors (Lipinski definition) is 5. The summed E-state index contributed by atoms with van der Waals surface area (Å²) >= 11 is 0. The predicted molar refractivity (Wildman–Crippen MR) is 75.5 cm³/mol. The lowest BCUT2D eigenvalue weighted by Gasteiger charge is -2.09. The third kappa shape index (κ3) is 2.29. The van der Waals surface area contributed by atoms with E-state index in [1.807, 2.05) is 6.07 Å². The molecule has 0 spiro atoms. The van der Waals surface area contributed by atoms with E-state index in [0.717, 1.165) is 0 Å². The van der Waals surface area contributed by atoms with Crippen molar-refractivity contribution in [2.45, 2.75) is 0 Å². The molecule has 0 saturated heterocycles. The maximum Gasteiger partial charge on any atom is 0.189 e. The lowest BCUT2D eigenvalue weighted by Crippen LogP contribution is -2.04. The van der Waals surface area contributed by atoms with Crippen molar-refractivity contribution in [3.8, 4) is 22.8 Å². The van der Waals surface area contributed by atoms with E-state index in [-0.39, 0.29) is 5.69 Å². The highest BCUT2D eigenvalue weighted by atomic mass is 19.1. The van der Waals surface area contributed by atoms with E-state index >= 15 is 0 Å². The van der Waals surface area contributed by atoms with Gasteiger partial charge in [-0.2, -0.15) is 4.68 Å². The average molecular weight is 285 g/mol. The van der Waals surface area contributed by atoms with E-state index in [0.29, 0.717) is 22.8 Å². The first-order valence-corrected chi connectivity index (χ1v) is 6.18. The number of tetrazole rings is 1. The number of nitrogens with zero attached hydrogens (tertiary/aromatic N) is 4. The predicted octanol–water partition coefficient (Wildman–Crippen LogP) is 2.06. The molecule has 2 N–H and O–H groups in total. The van der Waals surface area contributed by atoms with Crippen molar-refractivity contribution in [2.75, 3.05) is 12.8 Å². The molecule has 0 aliphatic rings. The second kappa shape index (κ2) is 5.20. The second-order valence-corrected chi connectivity index (χ2v) is 4.32. The fraction of sp³-hybridized carbons (Fsp3) is 0.0714. The van der Waals surface area contributed by atoms with Crippen LogP contribution in [0.2, 0.25) is 0 Å². The van der Waals surface area contributed by atoms with Gasteiger partial charge < -0.3 is 10.5 Å². The summed E-state index contributed by atoms with van der Waals surface area (Å²) in [5.41, 5.74) is 7.26. The number of halogens is 1. The molecule has 0 bridgehead atoms. The summed E-state index contributed by atoms with van der Waals surface area (Å²) < 4.78 is 20.5. The van der Waals surface area contributed by atoms with Crippen molar-refractivity contribution >= 4 is 5.69 Å². The van der Waals surface area contributed by atoms with E-state index < -0.39 is 5.82 Å². The summed E-state index contributed by atoms with van der Waals surface area (Å²) in [7, 11) is 1.51. The standard InChI is InChI=1S/C14H12FN5O/c1-21-9-6-7-11(15)13(8-9)20-14(17-18-19-20)10-4-2-3-5-12(10)16/h2-8H,16H2,1H3. The number of rotatable bonds is 3. The van der Waals surface area contributed by atoms with Crippen LogP contribution in [-0.2, 0) is 0 Å². The Bertz CT molecular complexity index is 787. The van der Waals surface area contributed by atoms with Gasteiger partial charge in [0.05, 0.1) is 7.11 Å². The molecular formula is C14H12FN5O. The second-order valence-electron chi connectivity index (χ2n) is 4.32. The third-order valence-electron chi connectivity index (χ3n) is 3.05. The number of aromatic nitrogens is 4. The number of nitrogens with two attached hydrogens (primary N) is 1. The van der Waals surface area contributed by atoms with Crippen molar-refractivity contribution in [2.24, 2.45) is 0 Å². The Labute approximate surface area is 120 Å². The van der Waals surface area contributed by atoms with Gasteiger partial charge in [0.2, 0.25) is 0 Å². The third-order valence-corrected chi connectivity index (χ3v) is 3.05. The van der Waals surface area contributed by atoms with E-state index in [1.54, 1.807) is 18.2 Å². The van der Waals surface area contributed by atoms with Crippen LogP contribution < -0.4 is 10.5 Å². The van der Waals surface area contributed by atoms with Gasteiger partial charge in [0.1, 0.15) is 17.3 Å². The molecule has 0 atom stereocenters. The van der Waals surface area contributed by atoms with Crippen molar-refractivity contribution < 1.29 is 9.13 Å². The zero-order chi connectivity index (χ0) is 14.8. The molecule has 0 unspecified atom stereocenters. The number of anilines is 1. The smallest absolute Gasteiger partial charge is 0.189 e. The number of para-hydroxylation sites is 1. The average Bonchev–Trinajstić information content (AvgIpc) is 2.97. The zero-order valence-corrected chi connectivity index (χ0v) is 11.2. The summed E-state index contributed by atoms with van der Waals surface area (Å²) in [5, 5.41) is 11.4. The number of hydrogen-bond donors (Lipinski definition) is 1. The maximum atomic E-state index is 14.1. The Morgan fingerprint density at radius 1 is 1.19 bits per heavy atom. The first-order valence-electron chi connectivity index (χ1n) is 6.18. The van der Waals surface area contributed by atoms with Gasteiger partial charge in [-0.1, -0.05) is 12.1 Å². The summed E-state index contributed by atoms with van der Waals surface area (Å²) in [6.07, 6.45) is 0. The van der Waals surface area contributed by atoms with Crippen LogP contribution >= 0.6 is 0 Å². The van der Waals surface area contributed by atoms with Gasteiger partial charge in [0.25, 0.3) is 0 Å². The number of methoxy groups -OCH3 is 1. The van der Waals surface area contributed by atoms with Gasteiger partial charge in [0.15, 0.2) is 5.82 Å². The van der Waals surface area contributed by atoms with Crippen LogP contribution in [0.3, 0.4) is 0 Å². The van der Waals surface area contributed by atoms with Gasteiger partial charge in [-0.15, -0.1) is 5.10 Å². The van der Waals surface area contributed by atoms with E-state index in [1.165, 1.54) is 30.0 Å². The molecule has 0 saturated carbocycles. The van der Waals surface area contributed by atoms with Gasteiger partial charge >= 0.3 is 0 Å². The Morgan fingerprint density at radius 3 is 2.76 bits per heavy atom. The molecule has 0 amide bonds. The molecule has 0 aliphatic carbocycles. The quantitative estimate of drug-likeness (QED) is 0.745. The van der Waals surface area contributed by atoms with Gasteiger partial charge in [-0.05, 0) is 34.7 Å². The maximum absolute atomic E-state index is 14.1. The molecular weight excluding hydrogens is 273 g/mol.